The van der Waals surface area contributed by atoms with Crippen molar-refractivity contribution in [3.63, 3.8) is 0 Å². The first kappa shape index (κ1) is 12.0. The molecule has 0 aromatic heterocycles. The molecule has 84 valence electrons. The van der Waals surface area contributed by atoms with Crippen LogP contribution in [0, 0.1) is 5.82 Å². The van der Waals surface area contributed by atoms with E-state index in [9.17, 15) is 17.9 Å². The van der Waals surface area contributed by atoms with Gasteiger partial charge in [0.05, 0.1) is 10.7 Å². The summed E-state index contributed by atoms with van der Waals surface area (Å²) >= 11 is 5.42. The normalized spacial score (nSPS) is 11.4. The molecule has 0 spiro atoms. The van der Waals surface area contributed by atoms with Gasteiger partial charge in [0, 0.05) is 13.1 Å². The Kier molecular flexibility index (Phi) is 3.38. The van der Waals surface area contributed by atoms with Crippen LogP contribution in [0.15, 0.2) is 12.1 Å². The predicted molar refractivity (Wildman–Crippen MR) is 54.7 cm³/mol. The van der Waals surface area contributed by atoms with E-state index >= 15 is 0 Å². The average molecular weight is 255 g/mol. The highest BCUT2D eigenvalue weighted by molar-refractivity contribution is 7.90. The molecule has 0 fully saturated rings. The Labute approximate surface area is 91.1 Å². The van der Waals surface area contributed by atoms with E-state index in [-0.39, 0.29) is 10.7 Å². The molecule has 0 aliphatic carbocycles. The highest BCUT2D eigenvalue weighted by atomic mass is 35.5. The lowest BCUT2D eigenvalue weighted by molar-refractivity contribution is 0.471. The maximum absolute atomic E-state index is 12.8. The van der Waals surface area contributed by atoms with Crippen molar-refractivity contribution >= 4 is 27.5 Å². The van der Waals surface area contributed by atoms with E-state index in [2.05, 4.69) is 0 Å². The van der Waals surface area contributed by atoms with Crippen molar-refractivity contribution in [1.29, 1.82) is 0 Å². The second kappa shape index (κ2) is 4.21. The third-order valence-electron chi connectivity index (χ3n) is 1.55. The maximum Gasteiger partial charge on any atom is 0.298 e. The van der Waals surface area contributed by atoms with Crippen molar-refractivity contribution in [2.75, 3.05) is 11.8 Å². The zero-order chi connectivity index (χ0) is 11.6. The van der Waals surface area contributed by atoms with E-state index < -0.39 is 21.8 Å². The molecular formula is C7H8ClFN2O3S. The molecule has 0 atom stereocenters. The molecular weight excluding hydrogens is 247 g/mol. The molecule has 0 saturated heterocycles. The number of rotatable bonds is 3. The molecule has 0 aliphatic rings. The number of hydrogen-bond donors (Lipinski definition) is 3. The van der Waals surface area contributed by atoms with E-state index in [4.69, 9.17) is 11.6 Å². The van der Waals surface area contributed by atoms with Crippen LogP contribution in [-0.2, 0) is 10.2 Å². The minimum atomic E-state index is -3.77. The topological polar surface area (TPSA) is 78.4 Å². The highest BCUT2D eigenvalue weighted by Gasteiger charge is 2.12. The molecule has 0 saturated carbocycles. The van der Waals surface area contributed by atoms with Crippen molar-refractivity contribution in [2.45, 2.75) is 0 Å². The number of phenolic OH excluding ortho intramolecular Hbond substituents is 1. The van der Waals surface area contributed by atoms with E-state index in [1.807, 2.05) is 9.44 Å². The van der Waals surface area contributed by atoms with Gasteiger partial charge in [0.1, 0.15) is 11.6 Å². The minimum Gasteiger partial charge on any atom is -0.506 e. The molecule has 0 unspecified atom stereocenters. The first-order valence-electron chi connectivity index (χ1n) is 3.75. The number of hydrogen-bond acceptors (Lipinski definition) is 3. The van der Waals surface area contributed by atoms with Gasteiger partial charge in [-0.2, -0.15) is 8.42 Å². The molecule has 3 N–H and O–H groups in total. The Hall–Kier alpha value is -1.05. The molecule has 5 nitrogen and oxygen atoms in total. The van der Waals surface area contributed by atoms with Gasteiger partial charge in [-0.05, 0) is 6.07 Å². The molecule has 1 rings (SSSR count). The first-order valence-corrected chi connectivity index (χ1v) is 5.61. The molecule has 0 radical (unpaired) electrons. The van der Waals surface area contributed by atoms with Gasteiger partial charge in [-0.25, -0.2) is 9.11 Å². The van der Waals surface area contributed by atoms with Crippen LogP contribution in [0.3, 0.4) is 0 Å². The van der Waals surface area contributed by atoms with Crippen molar-refractivity contribution < 1.29 is 17.9 Å². The van der Waals surface area contributed by atoms with E-state index in [1.54, 1.807) is 0 Å². The number of halogens is 2. The van der Waals surface area contributed by atoms with Gasteiger partial charge in [0.15, 0.2) is 0 Å². The maximum atomic E-state index is 12.8. The largest absolute Gasteiger partial charge is 0.506 e. The van der Waals surface area contributed by atoms with Crippen molar-refractivity contribution in [3.8, 4) is 5.75 Å². The molecule has 1 aromatic carbocycles. The Morgan fingerprint density at radius 1 is 1.47 bits per heavy atom. The summed E-state index contributed by atoms with van der Waals surface area (Å²) in [7, 11) is -2.58. The fraction of sp³-hybridized carbons (Fsp3) is 0.143. The highest BCUT2D eigenvalue weighted by Crippen LogP contribution is 2.29. The number of phenols is 1. The number of anilines is 1. The van der Waals surface area contributed by atoms with Crippen LogP contribution in [0.5, 0.6) is 5.75 Å². The summed E-state index contributed by atoms with van der Waals surface area (Å²) in [6.07, 6.45) is 0. The van der Waals surface area contributed by atoms with Gasteiger partial charge in [-0.15, -0.1) is 0 Å². The SMILES string of the molecule is CNS(=O)(=O)Nc1cc(Cl)c(F)cc1O. The monoisotopic (exact) mass is 254 g/mol. The third kappa shape index (κ3) is 2.95. The van der Waals surface area contributed by atoms with Crippen LogP contribution in [0.1, 0.15) is 0 Å². The molecule has 0 aliphatic heterocycles. The average Bonchev–Trinajstić information content (AvgIpc) is 2.14. The van der Waals surface area contributed by atoms with Crippen LogP contribution in [0.4, 0.5) is 10.1 Å². The number of nitrogens with one attached hydrogen (secondary N) is 2. The van der Waals surface area contributed by atoms with E-state index in [1.165, 1.54) is 7.05 Å². The minimum absolute atomic E-state index is 0.198. The smallest absolute Gasteiger partial charge is 0.298 e. The Morgan fingerprint density at radius 3 is 2.60 bits per heavy atom. The summed E-state index contributed by atoms with van der Waals surface area (Å²) in [5.74, 6) is -1.38. The Bertz CT molecular complexity index is 477. The summed E-state index contributed by atoms with van der Waals surface area (Å²) < 4.78 is 38.8. The summed E-state index contributed by atoms with van der Waals surface area (Å²) in [6, 6.07) is 1.69. The Balaban J connectivity index is 3.12. The molecule has 8 heteroatoms. The van der Waals surface area contributed by atoms with Crippen LogP contribution in [-0.4, -0.2) is 20.6 Å². The lowest BCUT2D eigenvalue weighted by atomic mass is 10.3. The fourth-order valence-corrected chi connectivity index (χ4v) is 1.53. The molecule has 0 bridgehead atoms. The zero-order valence-corrected chi connectivity index (χ0v) is 9.16. The number of aromatic hydroxyl groups is 1. The third-order valence-corrected chi connectivity index (χ3v) is 2.87. The lowest BCUT2D eigenvalue weighted by Gasteiger charge is -2.08. The van der Waals surface area contributed by atoms with Gasteiger partial charge in [-0.3, -0.25) is 4.72 Å². The quantitative estimate of drug-likeness (QED) is 0.706. The number of benzene rings is 1. The standard InChI is InChI=1S/C7H8ClFN2O3S/c1-10-15(13,14)11-6-2-4(8)5(9)3-7(6)12/h2-3,10-12H,1H3. The second-order valence-electron chi connectivity index (χ2n) is 2.59. The fourth-order valence-electron chi connectivity index (χ4n) is 0.814. The summed E-state index contributed by atoms with van der Waals surface area (Å²) in [5.41, 5.74) is -0.198. The summed E-state index contributed by atoms with van der Waals surface area (Å²) in [5, 5.41) is 8.93. The zero-order valence-electron chi connectivity index (χ0n) is 7.58. The van der Waals surface area contributed by atoms with Gasteiger partial charge >= 0.3 is 0 Å². The van der Waals surface area contributed by atoms with Gasteiger partial charge in [-0.1, -0.05) is 11.6 Å². The van der Waals surface area contributed by atoms with E-state index in [0.717, 1.165) is 12.1 Å². The second-order valence-corrected chi connectivity index (χ2v) is 4.62. The van der Waals surface area contributed by atoms with Crippen LogP contribution in [0.25, 0.3) is 0 Å². The summed E-state index contributed by atoms with van der Waals surface area (Å²) in [4.78, 5) is 0. The molecule has 1 aromatic rings. The van der Waals surface area contributed by atoms with Crippen LogP contribution >= 0.6 is 11.6 Å². The van der Waals surface area contributed by atoms with Gasteiger partial charge < -0.3 is 5.11 Å². The predicted octanol–water partition coefficient (Wildman–Crippen LogP) is 1.06. The van der Waals surface area contributed by atoms with Crippen LogP contribution < -0.4 is 9.44 Å². The summed E-state index contributed by atoms with van der Waals surface area (Å²) in [6.45, 7) is 0. The van der Waals surface area contributed by atoms with Gasteiger partial charge in [0.2, 0.25) is 0 Å². The van der Waals surface area contributed by atoms with Crippen molar-refractivity contribution in [2.24, 2.45) is 0 Å². The first-order chi connectivity index (χ1) is 6.85. The van der Waals surface area contributed by atoms with E-state index in [0.29, 0.717) is 0 Å². The molecule has 0 amide bonds. The molecule has 0 heterocycles. The Morgan fingerprint density at radius 2 is 2.07 bits per heavy atom. The van der Waals surface area contributed by atoms with Crippen molar-refractivity contribution in [1.82, 2.24) is 4.72 Å². The molecule has 15 heavy (non-hydrogen) atoms. The van der Waals surface area contributed by atoms with Crippen molar-refractivity contribution in [3.05, 3.63) is 23.0 Å². The lowest BCUT2D eigenvalue weighted by Crippen LogP contribution is -2.26. The van der Waals surface area contributed by atoms with Crippen LogP contribution in [0.2, 0.25) is 5.02 Å². The van der Waals surface area contributed by atoms with Gasteiger partial charge in [0.25, 0.3) is 10.2 Å².